The van der Waals surface area contributed by atoms with Crippen LogP contribution >= 0.6 is 0 Å². The number of likely N-dealkylation sites (tertiary alicyclic amines) is 2. The minimum atomic E-state index is -0.328. The van der Waals surface area contributed by atoms with Gasteiger partial charge in [-0.3, -0.25) is 14.3 Å². The van der Waals surface area contributed by atoms with Crippen molar-refractivity contribution >= 4 is 5.91 Å². The molecule has 1 aromatic heterocycles. The molecule has 5 rings (SSSR count). The van der Waals surface area contributed by atoms with Gasteiger partial charge in [-0.25, -0.2) is 4.79 Å². The lowest BCUT2D eigenvalue weighted by Gasteiger charge is -2.49. The van der Waals surface area contributed by atoms with E-state index in [1.807, 2.05) is 19.9 Å². The Balaban J connectivity index is 1.52. The maximum absolute atomic E-state index is 13.9. The van der Waals surface area contributed by atoms with Crippen LogP contribution in [0.5, 0.6) is 0 Å². The second kappa shape index (κ2) is 8.39. The first-order valence-corrected chi connectivity index (χ1v) is 12.4. The van der Waals surface area contributed by atoms with Gasteiger partial charge in [0.25, 0.3) is 0 Å². The first kappa shape index (κ1) is 22.3. The standard InChI is InChI=1S/C27H36N4O2/c1-18-14-19(2)30(26(33)28-18)17-25(32)31-22-16-27(3)23(12-8-9-13-24(27)31)29(4)21(22)15-20-10-6-5-7-11-20/h5-7,10-11,14,21-24H,8-9,12-13,15-17H2,1-4H3/t21-,22+,23-,24+,27-/m1/s1. The Labute approximate surface area is 196 Å². The van der Waals surface area contributed by atoms with Gasteiger partial charge >= 0.3 is 5.69 Å². The molecule has 3 heterocycles. The molecule has 176 valence electrons. The summed E-state index contributed by atoms with van der Waals surface area (Å²) >= 11 is 0. The summed E-state index contributed by atoms with van der Waals surface area (Å²) in [6.45, 7) is 6.20. The Morgan fingerprint density at radius 3 is 2.52 bits per heavy atom. The van der Waals surface area contributed by atoms with Gasteiger partial charge in [-0.1, -0.05) is 50.1 Å². The van der Waals surface area contributed by atoms with Crippen molar-refractivity contribution in [2.24, 2.45) is 5.41 Å². The zero-order valence-electron chi connectivity index (χ0n) is 20.3. The second-order valence-electron chi connectivity index (χ2n) is 10.7. The number of fused-ring (bicyclic) bond motifs is 1. The van der Waals surface area contributed by atoms with E-state index in [2.05, 4.69) is 59.1 Å². The molecule has 3 aliphatic rings. The maximum atomic E-state index is 13.9. The molecule has 6 nitrogen and oxygen atoms in total. The number of aryl methyl sites for hydroxylation is 2. The van der Waals surface area contributed by atoms with E-state index in [0.717, 1.165) is 31.4 Å². The quantitative estimate of drug-likeness (QED) is 0.720. The number of amides is 1. The Bertz CT molecular complexity index is 1100. The molecule has 3 fully saturated rings. The van der Waals surface area contributed by atoms with E-state index >= 15 is 0 Å². The number of hydrogen-bond donors (Lipinski definition) is 0. The summed E-state index contributed by atoms with van der Waals surface area (Å²) in [5.74, 6) is 0.0681. The summed E-state index contributed by atoms with van der Waals surface area (Å²) in [4.78, 5) is 35.4. The molecule has 2 bridgehead atoms. The minimum Gasteiger partial charge on any atom is -0.333 e. The molecule has 0 radical (unpaired) electrons. The van der Waals surface area contributed by atoms with Crippen molar-refractivity contribution in [3.8, 4) is 0 Å². The van der Waals surface area contributed by atoms with Crippen molar-refractivity contribution in [2.75, 3.05) is 7.05 Å². The van der Waals surface area contributed by atoms with Gasteiger partial charge in [0.2, 0.25) is 5.91 Å². The zero-order valence-corrected chi connectivity index (χ0v) is 20.3. The summed E-state index contributed by atoms with van der Waals surface area (Å²) in [6, 6.07) is 13.7. The molecule has 2 aromatic rings. The van der Waals surface area contributed by atoms with Gasteiger partial charge in [0.15, 0.2) is 0 Å². The van der Waals surface area contributed by atoms with E-state index in [4.69, 9.17) is 0 Å². The minimum absolute atomic E-state index is 0.0681. The van der Waals surface area contributed by atoms with E-state index < -0.39 is 0 Å². The molecule has 1 amide bonds. The molecular formula is C27H36N4O2. The van der Waals surface area contributed by atoms with Gasteiger partial charge in [-0.2, -0.15) is 4.98 Å². The first-order chi connectivity index (χ1) is 15.8. The molecule has 1 aromatic carbocycles. The van der Waals surface area contributed by atoms with Crippen LogP contribution in [0.3, 0.4) is 0 Å². The van der Waals surface area contributed by atoms with Crippen molar-refractivity contribution in [1.82, 2.24) is 19.4 Å². The van der Waals surface area contributed by atoms with Crippen LogP contribution in [0.2, 0.25) is 0 Å². The summed E-state index contributed by atoms with van der Waals surface area (Å²) in [5, 5.41) is 0. The number of nitrogens with zero attached hydrogens (tertiary/aromatic N) is 4. The van der Waals surface area contributed by atoms with E-state index in [1.165, 1.54) is 18.4 Å². The van der Waals surface area contributed by atoms with Crippen LogP contribution in [0.15, 0.2) is 41.2 Å². The highest BCUT2D eigenvalue weighted by atomic mass is 16.2. The van der Waals surface area contributed by atoms with E-state index in [1.54, 1.807) is 4.57 Å². The van der Waals surface area contributed by atoms with Crippen LogP contribution in [-0.2, 0) is 17.8 Å². The third-order valence-corrected chi connectivity index (χ3v) is 8.74. The van der Waals surface area contributed by atoms with Gasteiger partial charge in [-0.15, -0.1) is 0 Å². The number of aromatic nitrogens is 2. The Morgan fingerprint density at radius 1 is 1.12 bits per heavy atom. The number of rotatable bonds is 4. The maximum Gasteiger partial charge on any atom is 0.348 e. The molecule has 5 atom stereocenters. The van der Waals surface area contributed by atoms with Crippen LogP contribution < -0.4 is 5.69 Å². The lowest BCUT2D eigenvalue weighted by molar-refractivity contribution is -0.136. The predicted octanol–water partition coefficient (Wildman–Crippen LogP) is 3.34. The number of carbonyl (C=O) groups excluding carboxylic acids is 1. The van der Waals surface area contributed by atoms with Crippen LogP contribution in [0.25, 0.3) is 0 Å². The molecule has 0 unspecified atom stereocenters. The molecule has 2 saturated heterocycles. The van der Waals surface area contributed by atoms with Crippen molar-refractivity contribution in [1.29, 1.82) is 0 Å². The number of carbonyl (C=O) groups is 1. The summed E-state index contributed by atoms with van der Waals surface area (Å²) in [5.41, 5.74) is 2.59. The smallest absolute Gasteiger partial charge is 0.333 e. The first-order valence-electron chi connectivity index (χ1n) is 12.4. The second-order valence-corrected chi connectivity index (χ2v) is 10.7. The highest BCUT2D eigenvalue weighted by molar-refractivity contribution is 5.77. The Kier molecular flexibility index (Phi) is 5.68. The lowest BCUT2D eigenvalue weighted by atomic mass is 9.69. The predicted molar refractivity (Wildman–Crippen MR) is 129 cm³/mol. The van der Waals surface area contributed by atoms with Gasteiger partial charge in [0.1, 0.15) is 6.54 Å². The average molecular weight is 449 g/mol. The topological polar surface area (TPSA) is 58.4 Å². The van der Waals surface area contributed by atoms with Crippen LogP contribution in [0, 0.1) is 19.3 Å². The normalized spacial score (nSPS) is 31.5. The van der Waals surface area contributed by atoms with Crippen LogP contribution in [-0.4, -0.2) is 56.5 Å². The van der Waals surface area contributed by atoms with Gasteiger partial charge < -0.3 is 4.90 Å². The monoisotopic (exact) mass is 448 g/mol. The van der Waals surface area contributed by atoms with E-state index in [9.17, 15) is 9.59 Å². The summed E-state index contributed by atoms with van der Waals surface area (Å²) < 4.78 is 1.55. The van der Waals surface area contributed by atoms with Crippen molar-refractivity contribution in [3.63, 3.8) is 0 Å². The fraction of sp³-hybridized carbons (Fsp3) is 0.593. The lowest BCUT2D eigenvalue weighted by Crippen LogP contribution is -2.58. The molecular weight excluding hydrogens is 412 g/mol. The van der Waals surface area contributed by atoms with Crippen molar-refractivity contribution in [3.05, 3.63) is 63.8 Å². The third kappa shape index (κ3) is 3.72. The van der Waals surface area contributed by atoms with Gasteiger partial charge in [0.05, 0.1) is 0 Å². The van der Waals surface area contributed by atoms with E-state index in [-0.39, 0.29) is 41.7 Å². The van der Waals surface area contributed by atoms with E-state index in [0.29, 0.717) is 11.7 Å². The van der Waals surface area contributed by atoms with Gasteiger partial charge in [-0.05, 0) is 58.2 Å². The molecule has 0 N–H and O–H groups in total. The van der Waals surface area contributed by atoms with Crippen molar-refractivity contribution < 1.29 is 4.79 Å². The highest BCUT2D eigenvalue weighted by Crippen LogP contribution is 2.55. The largest absolute Gasteiger partial charge is 0.348 e. The third-order valence-electron chi connectivity index (χ3n) is 8.74. The molecule has 1 aliphatic carbocycles. The zero-order chi connectivity index (χ0) is 23.3. The van der Waals surface area contributed by atoms with Crippen LogP contribution in [0.4, 0.5) is 0 Å². The van der Waals surface area contributed by atoms with Crippen LogP contribution in [0.1, 0.15) is 56.0 Å². The number of hydrogen-bond acceptors (Lipinski definition) is 4. The number of piperidine rings is 1. The highest BCUT2D eigenvalue weighted by Gasteiger charge is 2.62. The molecule has 2 aliphatic heterocycles. The Morgan fingerprint density at radius 2 is 1.82 bits per heavy atom. The SMILES string of the molecule is Cc1cc(C)n(CC(=O)N2[C@H]3CCCC[C@H]4N(C)[C@H](Cc5ccccc5)[C@@H]2C[C@@]34C)c(=O)n1. The fourth-order valence-electron chi connectivity index (χ4n) is 7.24. The number of likely N-dealkylation sites (N-methyl/N-ethyl adjacent to an activating group) is 1. The molecule has 33 heavy (non-hydrogen) atoms. The molecule has 6 heteroatoms. The Hall–Kier alpha value is -2.47. The average Bonchev–Trinajstić information content (AvgIpc) is 2.92. The van der Waals surface area contributed by atoms with Gasteiger partial charge in [0, 0.05) is 41.0 Å². The summed E-state index contributed by atoms with van der Waals surface area (Å²) in [7, 11) is 2.28. The molecule has 0 spiro atoms. The summed E-state index contributed by atoms with van der Waals surface area (Å²) in [6.07, 6.45) is 6.62. The molecule has 1 saturated carbocycles. The number of benzene rings is 1. The van der Waals surface area contributed by atoms with Crippen molar-refractivity contribution in [2.45, 2.75) is 90.0 Å². The fourth-order valence-corrected chi connectivity index (χ4v) is 7.24.